The van der Waals surface area contributed by atoms with Gasteiger partial charge in [-0.1, -0.05) is 22.0 Å². The molecular weight excluding hydrogens is 280 g/mol. The van der Waals surface area contributed by atoms with Crippen molar-refractivity contribution in [1.29, 1.82) is 0 Å². The minimum atomic E-state index is -0.116. The van der Waals surface area contributed by atoms with E-state index in [1.807, 2.05) is 25.1 Å². The fourth-order valence-electron chi connectivity index (χ4n) is 1.47. The van der Waals surface area contributed by atoms with Gasteiger partial charge in [-0.05, 0) is 36.8 Å². The van der Waals surface area contributed by atoms with E-state index in [4.69, 9.17) is 0 Å². The van der Waals surface area contributed by atoms with Crippen LogP contribution in [0.3, 0.4) is 0 Å². The third-order valence-corrected chi connectivity index (χ3v) is 2.88. The third-order valence-electron chi connectivity index (χ3n) is 2.38. The summed E-state index contributed by atoms with van der Waals surface area (Å²) < 4.78 is 0.892. The Morgan fingerprint density at radius 3 is 2.65 bits per heavy atom. The van der Waals surface area contributed by atoms with Gasteiger partial charge in [0.05, 0.1) is 0 Å². The number of halogens is 1. The van der Waals surface area contributed by atoms with Crippen LogP contribution in [0.5, 0.6) is 0 Å². The summed E-state index contributed by atoms with van der Waals surface area (Å²) in [6.07, 6.45) is 3.28. The molecule has 3 nitrogen and oxygen atoms in total. The van der Waals surface area contributed by atoms with E-state index in [0.29, 0.717) is 5.56 Å². The lowest BCUT2D eigenvalue weighted by atomic mass is 10.1. The maximum atomic E-state index is 12.0. The number of carbonyl (C=O) groups excluding carboxylic acids is 1. The van der Waals surface area contributed by atoms with E-state index in [9.17, 15) is 4.79 Å². The van der Waals surface area contributed by atoms with Gasteiger partial charge in [0.1, 0.15) is 0 Å². The Balaban J connectivity index is 2.23. The highest BCUT2D eigenvalue weighted by Crippen LogP contribution is 2.17. The van der Waals surface area contributed by atoms with Gasteiger partial charge in [0.25, 0.3) is 5.91 Å². The zero-order valence-electron chi connectivity index (χ0n) is 9.27. The number of pyridine rings is 1. The minimum absolute atomic E-state index is 0.116. The lowest BCUT2D eigenvalue weighted by Gasteiger charge is -2.07. The molecule has 2 rings (SSSR count). The van der Waals surface area contributed by atoms with Crippen LogP contribution in [0, 0.1) is 6.92 Å². The molecule has 0 unspecified atom stereocenters. The summed E-state index contributed by atoms with van der Waals surface area (Å²) >= 11 is 3.36. The minimum Gasteiger partial charge on any atom is -0.322 e. The van der Waals surface area contributed by atoms with Crippen molar-refractivity contribution in [2.45, 2.75) is 6.92 Å². The summed E-state index contributed by atoms with van der Waals surface area (Å²) in [5, 5.41) is 2.83. The number of anilines is 1. The summed E-state index contributed by atoms with van der Waals surface area (Å²) in [6.45, 7) is 1.91. The van der Waals surface area contributed by atoms with Gasteiger partial charge in [0, 0.05) is 28.1 Å². The van der Waals surface area contributed by atoms with Crippen molar-refractivity contribution in [1.82, 2.24) is 4.98 Å². The van der Waals surface area contributed by atoms with E-state index in [1.165, 1.54) is 0 Å². The molecule has 0 radical (unpaired) electrons. The van der Waals surface area contributed by atoms with Crippen LogP contribution in [0.2, 0.25) is 0 Å². The Morgan fingerprint density at radius 2 is 1.94 bits per heavy atom. The van der Waals surface area contributed by atoms with Crippen molar-refractivity contribution >= 4 is 27.5 Å². The number of amides is 1. The molecule has 1 amide bonds. The number of nitrogens with one attached hydrogen (secondary N) is 1. The lowest BCUT2D eigenvalue weighted by Crippen LogP contribution is -2.13. The Hall–Kier alpha value is -1.68. The van der Waals surface area contributed by atoms with Crippen LogP contribution in [0.25, 0.3) is 0 Å². The van der Waals surface area contributed by atoms with Crippen LogP contribution in [-0.2, 0) is 0 Å². The van der Waals surface area contributed by atoms with E-state index in [0.717, 1.165) is 15.7 Å². The van der Waals surface area contributed by atoms with Crippen molar-refractivity contribution in [3.8, 4) is 0 Å². The Bertz CT molecular complexity index is 540. The SMILES string of the molecule is Cc1ccc(Br)cc1C(=O)Nc1ccncc1. The van der Waals surface area contributed by atoms with Crippen LogP contribution in [-0.4, -0.2) is 10.9 Å². The second-order valence-corrected chi connectivity index (χ2v) is 4.56. The zero-order chi connectivity index (χ0) is 12.3. The second kappa shape index (κ2) is 5.10. The fraction of sp³-hybridized carbons (Fsp3) is 0.0769. The van der Waals surface area contributed by atoms with Gasteiger partial charge in [-0.15, -0.1) is 0 Å². The molecule has 1 aromatic heterocycles. The van der Waals surface area contributed by atoms with Crippen molar-refractivity contribution in [3.05, 3.63) is 58.3 Å². The van der Waals surface area contributed by atoms with Gasteiger partial charge < -0.3 is 5.32 Å². The van der Waals surface area contributed by atoms with E-state index in [1.54, 1.807) is 24.5 Å². The van der Waals surface area contributed by atoms with Gasteiger partial charge in [-0.2, -0.15) is 0 Å². The summed E-state index contributed by atoms with van der Waals surface area (Å²) in [5.41, 5.74) is 2.35. The molecule has 0 saturated carbocycles. The number of aryl methyl sites for hydroxylation is 1. The second-order valence-electron chi connectivity index (χ2n) is 3.65. The normalized spacial score (nSPS) is 10.0. The molecule has 86 valence electrons. The first kappa shape index (κ1) is 11.8. The molecule has 0 bridgehead atoms. The molecule has 4 heteroatoms. The van der Waals surface area contributed by atoms with Gasteiger partial charge in [-0.25, -0.2) is 0 Å². The average Bonchev–Trinajstić information content (AvgIpc) is 2.33. The van der Waals surface area contributed by atoms with Crippen molar-refractivity contribution in [2.24, 2.45) is 0 Å². The lowest BCUT2D eigenvalue weighted by molar-refractivity contribution is 0.102. The maximum Gasteiger partial charge on any atom is 0.255 e. The highest BCUT2D eigenvalue weighted by molar-refractivity contribution is 9.10. The van der Waals surface area contributed by atoms with E-state index in [-0.39, 0.29) is 5.91 Å². The molecule has 1 heterocycles. The van der Waals surface area contributed by atoms with Crippen molar-refractivity contribution < 1.29 is 4.79 Å². The molecular formula is C13H11BrN2O. The fourth-order valence-corrected chi connectivity index (χ4v) is 1.83. The van der Waals surface area contributed by atoms with E-state index < -0.39 is 0 Å². The molecule has 0 spiro atoms. The summed E-state index contributed by atoms with van der Waals surface area (Å²) in [7, 11) is 0. The molecule has 0 aliphatic rings. The molecule has 0 aliphatic heterocycles. The largest absolute Gasteiger partial charge is 0.322 e. The molecule has 17 heavy (non-hydrogen) atoms. The van der Waals surface area contributed by atoms with Crippen LogP contribution in [0.15, 0.2) is 47.2 Å². The summed E-state index contributed by atoms with van der Waals surface area (Å²) in [4.78, 5) is 15.9. The first-order valence-corrected chi connectivity index (χ1v) is 5.93. The average molecular weight is 291 g/mol. The van der Waals surface area contributed by atoms with E-state index >= 15 is 0 Å². The van der Waals surface area contributed by atoms with Gasteiger partial charge in [-0.3, -0.25) is 9.78 Å². The number of carbonyl (C=O) groups is 1. The van der Waals surface area contributed by atoms with Gasteiger partial charge >= 0.3 is 0 Å². The van der Waals surface area contributed by atoms with Gasteiger partial charge in [0.15, 0.2) is 0 Å². The predicted octanol–water partition coefficient (Wildman–Crippen LogP) is 3.40. The first-order valence-electron chi connectivity index (χ1n) is 5.14. The van der Waals surface area contributed by atoms with Crippen molar-refractivity contribution in [2.75, 3.05) is 5.32 Å². The topological polar surface area (TPSA) is 42.0 Å². The number of nitrogens with zero attached hydrogens (tertiary/aromatic N) is 1. The number of rotatable bonds is 2. The van der Waals surface area contributed by atoms with Crippen LogP contribution >= 0.6 is 15.9 Å². The summed E-state index contributed by atoms with van der Waals surface area (Å²) in [6, 6.07) is 9.15. The quantitative estimate of drug-likeness (QED) is 0.921. The highest BCUT2D eigenvalue weighted by atomic mass is 79.9. The third kappa shape index (κ3) is 2.91. The van der Waals surface area contributed by atoms with E-state index in [2.05, 4.69) is 26.2 Å². The first-order chi connectivity index (χ1) is 8.16. The predicted molar refractivity (Wildman–Crippen MR) is 71.1 cm³/mol. The van der Waals surface area contributed by atoms with Crippen LogP contribution < -0.4 is 5.32 Å². The molecule has 0 aliphatic carbocycles. The number of benzene rings is 1. The zero-order valence-corrected chi connectivity index (χ0v) is 10.9. The molecule has 1 N–H and O–H groups in total. The van der Waals surface area contributed by atoms with Crippen molar-refractivity contribution in [3.63, 3.8) is 0 Å². The van der Waals surface area contributed by atoms with Gasteiger partial charge in [0.2, 0.25) is 0 Å². The highest BCUT2D eigenvalue weighted by Gasteiger charge is 2.09. The molecule has 2 aromatic rings. The smallest absolute Gasteiger partial charge is 0.255 e. The monoisotopic (exact) mass is 290 g/mol. The number of aromatic nitrogens is 1. The molecule has 0 atom stereocenters. The van der Waals surface area contributed by atoms with Crippen LogP contribution in [0.4, 0.5) is 5.69 Å². The molecule has 1 aromatic carbocycles. The Kier molecular flexibility index (Phi) is 3.54. The Morgan fingerprint density at radius 1 is 1.24 bits per heavy atom. The standard InChI is InChI=1S/C13H11BrN2O/c1-9-2-3-10(14)8-12(9)13(17)16-11-4-6-15-7-5-11/h2-8H,1H3,(H,15,16,17). The number of hydrogen-bond donors (Lipinski definition) is 1. The molecule has 0 fully saturated rings. The molecule has 0 saturated heterocycles. The summed E-state index contributed by atoms with van der Waals surface area (Å²) in [5.74, 6) is -0.116. The Labute approximate surface area is 108 Å². The maximum absolute atomic E-state index is 12.0. The number of hydrogen-bond acceptors (Lipinski definition) is 2. The van der Waals surface area contributed by atoms with Crippen LogP contribution in [0.1, 0.15) is 15.9 Å².